The largest absolute Gasteiger partial charge is 0.496 e. The lowest BCUT2D eigenvalue weighted by atomic mass is 9.97. The van der Waals surface area contributed by atoms with Crippen LogP contribution in [0, 0.1) is 0 Å². The molecule has 0 unspecified atom stereocenters. The fraction of sp³-hybridized carbons (Fsp3) is 0.533. The van der Waals surface area contributed by atoms with Gasteiger partial charge >= 0.3 is 0 Å². The standard InChI is InChI=1S/C15H17NO3/c1-18-13-8-12(15(6-7-15)16-9-17)14(19-2)11-5-3-4-10(11)13/h8H,3-7H2,1-2H3. The first-order chi connectivity index (χ1) is 9.25. The van der Waals surface area contributed by atoms with Crippen LogP contribution in [0.1, 0.15) is 36.0 Å². The minimum Gasteiger partial charge on any atom is -0.496 e. The Labute approximate surface area is 112 Å². The summed E-state index contributed by atoms with van der Waals surface area (Å²) in [6, 6.07) is 2.00. The van der Waals surface area contributed by atoms with Crippen LogP contribution in [0.4, 0.5) is 0 Å². The summed E-state index contributed by atoms with van der Waals surface area (Å²) in [6.07, 6.45) is 6.61. The van der Waals surface area contributed by atoms with Crippen molar-refractivity contribution in [3.8, 4) is 11.5 Å². The number of hydrogen-bond acceptors (Lipinski definition) is 4. The van der Waals surface area contributed by atoms with Crippen LogP contribution >= 0.6 is 0 Å². The number of ether oxygens (including phenoxy) is 2. The number of carbonyl (C=O) groups excluding carboxylic acids is 1. The van der Waals surface area contributed by atoms with Crippen molar-refractivity contribution in [2.75, 3.05) is 14.2 Å². The highest BCUT2D eigenvalue weighted by Gasteiger charge is 2.48. The van der Waals surface area contributed by atoms with Gasteiger partial charge in [-0.15, -0.1) is 0 Å². The van der Waals surface area contributed by atoms with Gasteiger partial charge in [0.1, 0.15) is 17.0 Å². The van der Waals surface area contributed by atoms with E-state index in [1.165, 1.54) is 11.1 Å². The molecule has 1 saturated carbocycles. The smallest absolute Gasteiger partial charge is 0.235 e. The maximum Gasteiger partial charge on any atom is 0.235 e. The predicted octanol–water partition coefficient (Wildman–Crippen LogP) is 2.52. The number of isocyanates is 1. The first-order valence-corrected chi connectivity index (χ1v) is 6.62. The van der Waals surface area contributed by atoms with Crippen molar-refractivity contribution >= 4 is 6.08 Å². The van der Waals surface area contributed by atoms with Gasteiger partial charge in [-0.1, -0.05) is 0 Å². The molecule has 4 nitrogen and oxygen atoms in total. The van der Waals surface area contributed by atoms with Gasteiger partial charge in [-0.05, 0) is 38.2 Å². The minimum atomic E-state index is -0.419. The van der Waals surface area contributed by atoms with E-state index in [2.05, 4.69) is 4.99 Å². The van der Waals surface area contributed by atoms with Gasteiger partial charge in [-0.3, -0.25) is 0 Å². The summed E-state index contributed by atoms with van der Waals surface area (Å²) in [5, 5.41) is 0. The van der Waals surface area contributed by atoms with Crippen LogP contribution in [0.25, 0.3) is 0 Å². The zero-order valence-electron chi connectivity index (χ0n) is 11.3. The molecule has 100 valence electrons. The van der Waals surface area contributed by atoms with E-state index in [1.54, 1.807) is 20.3 Å². The van der Waals surface area contributed by atoms with Crippen LogP contribution in [-0.2, 0) is 23.2 Å². The van der Waals surface area contributed by atoms with Gasteiger partial charge in [0.15, 0.2) is 0 Å². The number of methoxy groups -OCH3 is 2. The van der Waals surface area contributed by atoms with Crippen molar-refractivity contribution in [3.63, 3.8) is 0 Å². The molecule has 0 heterocycles. The molecule has 0 radical (unpaired) electrons. The molecular formula is C15H17NO3. The Bertz CT molecular complexity index is 569. The summed E-state index contributed by atoms with van der Waals surface area (Å²) in [6.45, 7) is 0. The number of nitrogens with zero attached hydrogens (tertiary/aromatic N) is 1. The topological polar surface area (TPSA) is 47.9 Å². The summed E-state index contributed by atoms with van der Waals surface area (Å²) in [5.41, 5.74) is 3.03. The molecule has 0 bridgehead atoms. The Morgan fingerprint density at radius 1 is 1.21 bits per heavy atom. The fourth-order valence-corrected chi connectivity index (χ4v) is 3.12. The number of fused-ring (bicyclic) bond motifs is 1. The van der Waals surface area contributed by atoms with Gasteiger partial charge in [0.2, 0.25) is 6.08 Å². The number of aliphatic imine (C=N–C) groups is 1. The van der Waals surface area contributed by atoms with Gasteiger partial charge in [-0.25, -0.2) is 4.79 Å². The molecule has 0 aromatic heterocycles. The van der Waals surface area contributed by atoms with Gasteiger partial charge in [0, 0.05) is 16.7 Å². The van der Waals surface area contributed by atoms with E-state index in [9.17, 15) is 4.79 Å². The summed E-state index contributed by atoms with van der Waals surface area (Å²) in [4.78, 5) is 14.7. The van der Waals surface area contributed by atoms with E-state index in [4.69, 9.17) is 9.47 Å². The van der Waals surface area contributed by atoms with Gasteiger partial charge < -0.3 is 9.47 Å². The Balaban J connectivity index is 2.22. The molecule has 2 aliphatic rings. The SMILES string of the molecule is COc1cc(C2(N=C=O)CC2)c(OC)c2c1CCC2. The second kappa shape index (κ2) is 4.39. The lowest BCUT2D eigenvalue weighted by Gasteiger charge is -2.19. The van der Waals surface area contributed by atoms with E-state index >= 15 is 0 Å². The van der Waals surface area contributed by atoms with E-state index in [-0.39, 0.29) is 0 Å². The zero-order valence-corrected chi connectivity index (χ0v) is 11.3. The predicted molar refractivity (Wildman–Crippen MR) is 70.6 cm³/mol. The van der Waals surface area contributed by atoms with E-state index in [0.717, 1.165) is 49.2 Å². The fourth-order valence-electron chi connectivity index (χ4n) is 3.12. The summed E-state index contributed by atoms with van der Waals surface area (Å²) >= 11 is 0. The first-order valence-electron chi connectivity index (χ1n) is 6.62. The van der Waals surface area contributed by atoms with Gasteiger partial charge in [-0.2, -0.15) is 4.99 Å². The molecule has 1 aromatic carbocycles. The summed E-state index contributed by atoms with van der Waals surface area (Å²) in [5.74, 6) is 1.79. The molecule has 0 N–H and O–H groups in total. The second-order valence-corrected chi connectivity index (χ2v) is 5.20. The van der Waals surface area contributed by atoms with Crippen molar-refractivity contribution in [2.24, 2.45) is 4.99 Å². The van der Waals surface area contributed by atoms with Crippen molar-refractivity contribution in [1.82, 2.24) is 0 Å². The second-order valence-electron chi connectivity index (χ2n) is 5.20. The third-order valence-corrected chi connectivity index (χ3v) is 4.22. The lowest BCUT2D eigenvalue weighted by molar-refractivity contribution is 0.389. The molecular weight excluding hydrogens is 242 g/mol. The lowest BCUT2D eigenvalue weighted by Crippen LogP contribution is -2.08. The Kier molecular flexibility index (Phi) is 2.83. The monoisotopic (exact) mass is 259 g/mol. The van der Waals surface area contributed by atoms with Crippen molar-refractivity contribution in [2.45, 2.75) is 37.6 Å². The van der Waals surface area contributed by atoms with Gasteiger partial charge in [0.05, 0.1) is 14.2 Å². The Hall–Kier alpha value is -1.80. The van der Waals surface area contributed by atoms with E-state index in [1.807, 2.05) is 6.07 Å². The number of rotatable bonds is 4. The summed E-state index contributed by atoms with van der Waals surface area (Å²) < 4.78 is 11.1. The average Bonchev–Trinajstić information content (AvgIpc) is 3.04. The zero-order chi connectivity index (χ0) is 13.5. The highest BCUT2D eigenvalue weighted by molar-refractivity contribution is 5.60. The summed E-state index contributed by atoms with van der Waals surface area (Å²) in [7, 11) is 3.37. The van der Waals surface area contributed by atoms with Gasteiger partial charge in [0.25, 0.3) is 0 Å². The molecule has 0 spiro atoms. The number of hydrogen-bond donors (Lipinski definition) is 0. The molecule has 3 rings (SSSR count). The molecule has 4 heteroatoms. The van der Waals surface area contributed by atoms with Crippen molar-refractivity contribution in [1.29, 1.82) is 0 Å². The normalized spacial score (nSPS) is 18.4. The van der Waals surface area contributed by atoms with Crippen LogP contribution in [0.15, 0.2) is 11.1 Å². The molecule has 0 amide bonds. The average molecular weight is 259 g/mol. The minimum absolute atomic E-state index is 0.419. The maximum atomic E-state index is 10.7. The third kappa shape index (κ3) is 1.75. The quantitative estimate of drug-likeness (QED) is 0.616. The molecule has 0 saturated heterocycles. The maximum absolute atomic E-state index is 10.7. The third-order valence-electron chi connectivity index (χ3n) is 4.22. The molecule has 2 aliphatic carbocycles. The number of benzene rings is 1. The van der Waals surface area contributed by atoms with E-state index < -0.39 is 5.54 Å². The molecule has 1 aromatic rings. The Morgan fingerprint density at radius 2 is 1.95 bits per heavy atom. The van der Waals surface area contributed by atoms with Crippen LogP contribution in [0.5, 0.6) is 11.5 Å². The molecule has 19 heavy (non-hydrogen) atoms. The van der Waals surface area contributed by atoms with Crippen LogP contribution in [-0.4, -0.2) is 20.3 Å². The van der Waals surface area contributed by atoms with Crippen molar-refractivity contribution in [3.05, 3.63) is 22.8 Å². The van der Waals surface area contributed by atoms with Crippen LogP contribution in [0.3, 0.4) is 0 Å². The van der Waals surface area contributed by atoms with Crippen LogP contribution in [0.2, 0.25) is 0 Å². The van der Waals surface area contributed by atoms with Crippen LogP contribution < -0.4 is 9.47 Å². The Morgan fingerprint density at radius 3 is 2.53 bits per heavy atom. The first kappa shape index (κ1) is 12.2. The highest BCUT2D eigenvalue weighted by atomic mass is 16.5. The highest BCUT2D eigenvalue weighted by Crippen LogP contribution is 2.55. The molecule has 0 atom stereocenters. The molecule has 1 fully saturated rings. The van der Waals surface area contributed by atoms with Crippen molar-refractivity contribution < 1.29 is 14.3 Å². The molecule has 0 aliphatic heterocycles. The van der Waals surface area contributed by atoms with E-state index in [0.29, 0.717) is 0 Å².